The molecule has 7 heteroatoms. The third-order valence-electron chi connectivity index (χ3n) is 4.21. The zero-order valence-corrected chi connectivity index (χ0v) is 18.1. The first-order chi connectivity index (χ1) is 12.7. The van der Waals surface area contributed by atoms with Crippen LogP contribution in [0.5, 0.6) is 0 Å². The number of aryl methyl sites for hydroxylation is 1. The van der Waals surface area contributed by atoms with Crippen molar-refractivity contribution in [3.05, 3.63) is 71.9 Å². The monoisotopic (exact) mass is 476 g/mol. The minimum absolute atomic E-state index is 0. The molecule has 3 aromatic rings. The zero-order valence-electron chi connectivity index (χ0n) is 15.8. The maximum absolute atomic E-state index is 4.49. The summed E-state index contributed by atoms with van der Waals surface area (Å²) in [7, 11) is 3.77. The van der Waals surface area contributed by atoms with E-state index >= 15 is 0 Å². The number of aliphatic imine (C=N–C) groups is 1. The van der Waals surface area contributed by atoms with Gasteiger partial charge in [0.2, 0.25) is 0 Å². The van der Waals surface area contributed by atoms with Crippen molar-refractivity contribution in [2.45, 2.75) is 20.0 Å². The second-order valence-electron chi connectivity index (χ2n) is 6.13. The molecule has 0 atom stereocenters. The normalized spacial score (nSPS) is 11.0. The Morgan fingerprint density at radius 1 is 1.15 bits per heavy atom. The van der Waals surface area contributed by atoms with Gasteiger partial charge in [-0.25, -0.2) is 4.98 Å². The van der Waals surface area contributed by atoms with Crippen molar-refractivity contribution in [1.82, 2.24) is 25.2 Å². The Hall–Kier alpha value is -2.42. The lowest BCUT2D eigenvalue weighted by molar-refractivity contribution is 0.463. The predicted octanol–water partition coefficient (Wildman–Crippen LogP) is 3.61. The van der Waals surface area contributed by atoms with E-state index in [1.807, 2.05) is 48.6 Å². The molecular formula is C20H25IN6. The first-order valence-corrected chi connectivity index (χ1v) is 8.59. The van der Waals surface area contributed by atoms with Crippen molar-refractivity contribution in [3.63, 3.8) is 0 Å². The molecule has 1 aromatic carbocycles. The summed E-state index contributed by atoms with van der Waals surface area (Å²) in [5, 5.41) is 3.36. The maximum atomic E-state index is 4.49. The number of halogens is 1. The summed E-state index contributed by atoms with van der Waals surface area (Å²) < 4.78 is 0. The Balaban J connectivity index is 0.00000261. The van der Waals surface area contributed by atoms with E-state index in [4.69, 9.17) is 0 Å². The van der Waals surface area contributed by atoms with Gasteiger partial charge in [0.15, 0.2) is 5.96 Å². The van der Waals surface area contributed by atoms with E-state index in [2.05, 4.69) is 50.4 Å². The molecule has 0 unspecified atom stereocenters. The van der Waals surface area contributed by atoms with Gasteiger partial charge in [-0.1, -0.05) is 36.4 Å². The lowest BCUT2D eigenvalue weighted by Crippen LogP contribution is -2.38. The first kappa shape index (κ1) is 20.9. The van der Waals surface area contributed by atoms with Crippen LogP contribution in [0.2, 0.25) is 0 Å². The number of aromatic nitrogens is 3. The van der Waals surface area contributed by atoms with Crippen LogP contribution < -0.4 is 5.32 Å². The highest BCUT2D eigenvalue weighted by atomic mass is 127. The molecule has 2 N–H and O–H groups in total. The van der Waals surface area contributed by atoms with Crippen molar-refractivity contribution >= 4 is 29.9 Å². The molecule has 0 aliphatic rings. The molecule has 3 rings (SSSR count). The smallest absolute Gasteiger partial charge is 0.194 e. The molecule has 0 saturated carbocycles. The summed E-state index contributed by atoms with van der Waals surface area (Å²) in [5.74, 6) is 1.69. The third kappa shape index (κ3) is 5.53. The average molecular weight is 476 g/mol. The number of aromatic amines is 1. The molecule has 0 radical (unpaired) electrons. The van der Waals surface area contributed by atoms with Gasteiger partial charge in [-0.2, -0.15) is 0 Å². The standard InChI is InChI=1S/C20H24N6.HI/c1-15-8-7-11-22-17(15)12-24-20(21-2)26(3)14-19-23-13-18(25-19)16-9-5-4-6-10-16;/h4-11,13H,12,14H2,1-3H3,(H,21,24)(H,23,25);1H. The predicted molar refractivity (Wildman–Crippen MR) is 120 cm³/mol. The zero-order chi connectivity index (χ0) is 18.4. The molecule has 2 aromatic heterocycles. The number of hydrogen-bond acceptors (Lipinski definition) is 3. The second-order valence-corrected chi connectivity index (χ2v) is 6.13. The van der Waals surface area contributed by atoms with Crippen molar-refractivity contribution in [2.24, 2.45) is 4.99 Å². The van der Waals surface area contributed by atoms with Crippen LogP contribution >= 0.6 is 24.0 Å². The Bertz CT molecular complexity index is 875. The van der Waals surface area contributed by atoms with Crippen LogP contribution in [0.1, 0.15) is 17.1 Å². The number of H-pyrrole nitrogens is 1. The first-order valence-electron chi connectivity index (χ1n) is 8.59. The Morgan fingerprint density at radius 3 is 2.63 bits per heavy atom. The molecule has 0 amide bonds. The average Bonchev–Trinajstić information content (AvgIpc) is 3.13. The fourth-order valence-electron chi connectivity index (χ4n) is 2.76. The van der Waals surface area contributed by atoms with Crippen LogP contribution in [0.15, 0.2) is 59.9 Å². The van der Waals surface area contributed by atoms with Crippen molar-refractivity contribution in [2.75, 3.05) is 14.1 Å². The van der Waals surface area contributed by atoms with Crippen LogP contribution in [-0.4, -0.2) is 39.9 Å². The van der Waals surface area contributed by atoms with E-state index in [1.165, 1.54) is 0 Å². The molecule has 0 bridgehead atoms. The fraction of sp³-hybridized carbons (Fsp3) is 0.250. The quantitative estimate of drug-likeness (QED) is 0.336. The Morgan fingerprint density at radius 2 is 1.93 bits per heavy atom. The third-order valence-corrected chi connectivity index (χ3v) is 4.21. The number of nitrogens with one attached hydrogen (secondary N) is 2. The number of hydrogen-bond donors (Lipinski definition) is 2. The van der Waals surface area contributed by atoms with Gasteiger partial charge in [0.1, 0.15) is 5.82 Å². The number of imidazole rings is 1. The summed E-state index contributed by atoms with van der Waals surface area (Å²) in [6, 6.07) is 14.2. The van der Waals surface area contributed by atoms with Crippen LogP contribution in [0.4, 0.5) is 0 Å². The van der Waals surface area contributed by atoms with Crippen molar-refractivity contribution < 1.29 is 0 Å². The number of nitrogens with zero attached hydrogens (tertiary/aromatic N) is 4. The summed E-state index contributed by atoms with van der Waals surface area (Å²) in [5.41, 5.74) is 4.33. The summed E-state index contributed by atoms with van der Waals surface area (Å²) in [4.78, 5) is 18.7. The highest BCUT2D eigenvalue weighted by molar-refractivity contribution is 14.0. The highest BCUT2D eigenvalue weighted by Gasteiger charge is 2.10. The molecule has 0 fully saturated rings. The van der Waals surface area contributed by atoms with Crippen LogP contribution in [0.25, 0.3) is 11.3 Å². The van der Waals surface area contributed by atoms with Gasteiger partial charge in [0.05, 0.1) is 30.7 Å². The molecule has 142 valence electrons. The molecule has 2 heterocycles. The highest BCUT2D eigenvalue weighted by Crippen LogP contribution is 2.16. The topological polar surface area (TPSA) is 69.2 Å². The Kier molecular flexibility index (Phi) is 7.78. The van der Waals surface area contributed by atoms with Gasteiger partial charge < -0.3 is 15.2 Å². The Labute approximate surface area is 177 Å². The van der Waals surface area contributed by atoms with Gasteiger partial charge in [-0.3, -0.25) is 9.98 Å². The minimum Gasteiger partial charge on any atom is -0.351 e. The molecule has 6 nitrogen and oxygen atoms in total. The van der Waals surface area contributed by atoms with Crippen LogP contribution in [0.3, 0.4) is 0 Å². The van der Waals surface area contributed by atoms with Crippen molar-refractivity contribution in [1.29, 1.82) is 0 Å². The molecule has 27 heavy (non-hydrogen) atoms. The van der Waals surface area contributed by atoms with E-state index in [9.17, 15) is 0 Å². The fourth-order valence-corrected chi connectivity index (χ4v) is 2.76. The molecule has 0 aliphatic heterocycles. The minimum atomic E-state index is 0. The van der Waals surface area contributed by atoms with Gasteiger partial charge in [-0.05, 0) is 24.1 Å². The van der Waals surface area contributed by atoms with Crippen LogP contribution in [-0.2, 0) is 13.1 Å². The number of guanidine groups is 1. The second kappa shape index (κ2) is 10.1. The van der Waals surface area contributed by atoms with E-state index in [-0.39, 0.29) is 24.0 Å². The lowest BCUT2D eigenvalue weighted by atomic mass is 10.2. The molecule has 0 aliphatic carbocycles. The molecular weight excluding hydrogens is 451 g/mol. The number of benzene rings is 1. The van der Waals surface area contributed by atoms with Crippen LogP contribution in [0, 0.1) is 6.92 Å². The van der Waals surface area contributed by atoms with Crippen molar-refractivity contribution in [3.8, 4) is 11.3 Å². The van der Waals surface area contributed by atoms with E-state index in [0.29, 0.717) is 13.1 Å². The van der Waals surface area contributed by atoms with Gasteiger partial charge in [0.25, 0.3) is 0 Å². The summed E-state index contributed by atoms with van der Waals surface area (Å²) in [6.07, 6.45) is 3.68. The largest absolute Gasteiger partial charge is 0.351 e. The number of pyridine rings is 1. The van der Waals surface area contributed by atoms with Gasteiger partial charge >= 0.3 is 0 Å². The van der Waals surface area contributed by atoms with E-state index < -0.39 is 0 Å². The summed E-state index contributed by atoms with van der Waals surface area (Å²) >= 11 is 0. The van der Waals surface area contributed by atoms with Gasteiger partial charge in [0, 0.05) is 20.3 Å². The maximum Gasteiger partial charge on any atom is 0.194 e. The molecule has 0 spiro atoms. The molecule has 0 saturated heterocycles. The SMILES string of the molecule is CN=C(NCc1ncccc1C)N(C)Cc1ncc(-c2ccccc2)[nH]1.I. The lowest BCUT2D eigenvalue weighted by Gasteiger charge is -2.21. The summed E-state index contributed by atoms with van der Waals surface area (Å²) in [6.45, 7) is 3.33. The van der Waals surface area contributed by atoms with E-state index in [1.54, 1.807) is 7.05 Å². The number of rotatable bonds is 5. The van der Waals surface area contributed by atoms with Gasteiger partial charge in [-0.15, -0.1) is 24.0 Å². The van der Waals surface area contributed by atoms with E-state index in [0.717, 1.165) is 34.3 Å².